The molecule has 1 atom stereocenters. The molecule has 2 N–H and O–H groups in total. The van der Waals surface area contributed by atoms with Gasteiger partial charge in [-0.3, -0.25) is 4.68 Å². The van der Waals surface area contributed by atoms with E-state index in [2.05, 4.69) is 26.1 Å². The van der Waals surface area contributed by atoms with Gasteiger partial charge in [-0.15, -0.1) is 0 Å². The number of nitrogens with one attached hydrogen (secondary N) is 1. The van der Waals surface area contributed by atoms with Gasteiger partial charge in [0, 0.05) is 28.9 Å². The van der Waals surface area contributed by atoms with E-state index in [0.717, 1.165) is 27.9 Å². The van der Waals surface area contributed by atoms with Crippen molar-refractivity contribution in [3.63, 3.8) is 0 Å². The molecule has 0 aliphatic carbocycles. The molecule has 4 aromatic rings. The monoisotopic (exact) mass is 483 g/mol. The maximum atomic E-state index is 10.6. The SMILES string of the molecule is N#CCOc1ccccc1C(CC#N)n1cc(-c2ncnc3[nH]ccc23)cn1.O=C(O)C(F)(F)F. The molecule has 3 aromatic heterocycles. The normalized spacial score (nSPS) is 11.6. The van der Waals surface area contributed by atoms with E-state index in [9.17, 15) is 18.4 Å². The number of alkyl halides is 3. The van der Waals surface area contributed by atoms with Crippen molar-refractivity contribution >= 4 is 17.0 Å². The number of carboxylic acid groups (broad SMARTS) is 1. The number of benzene rings is 1. The van der Waals surface area contributed by atoms with Crippen molar-refractivity contribution in [1.82, 2.24) is 24.7 Å². The summed E-state index contributed by atoms with van der Waals surface area (Å²) in [7, 11) is 0. The van der Waals surface area contributed by atoms with Gasteiger partial charge in [-0.1, -0.05) is 18.2 Å². The Labute approximate surface area is 195 Å². The number of nitriles is 2. The zero-order chi connectivity index (χ0) is 25.4. The molecule has 0 spiro atoms. The largest absolute Gasteiger partial charge is 0.490 e. The van der Waals surface area contributed by atoms with Crippen LogP contribution < -0.4 is 4.74 Å². The molecule has 35 heavy (non-hydrogen) atoms. The Bertz CT molecular complexity index is 1400. The van der Waals surface area contributed by atoms with Crippen molar-refractivity contribution in [2.24, 2.45) is 0 Å². The zero-order valence-electron chi connectivity index (χ0n) is 17.8. The third-order valence-electron chi connectivity index (χ3n) is 4.65. The second-order valence-corrected chi connectivity index (χ2v) is 6.84. The fraction of sp³-hybridized carbons (Fsp3) is 0.182. The molecule has 1 unspecified atom stereocenters. The highest BCUT2D eigenvalue weighted by molar-refractivity contribution is 5.90. The molecule has 3 heterocycles. The second kappa shape index (κ2) is 10.8. The van der Waals surface area contributed by atoms with Crippen molar-refractivity contribution in [3.8, 4) is 29.1 Å². The van der Waals surface area contributed by atoms with Gasteiger partial charge < -0.3 is 14.8 Å². The van der Waals surface area contributed by atoms with Crippen LogP contribution in [0, 0.1) is 22.7 Å². The number of hydrogen-bond donors (Lipinski definition) is 2. The van der Waals surface area contributed by atoms with Crippen LogP contribution in [0.3, 0.4) is 0 Å². The van der Waals surface area contributed by atoms with E-state index < -0.39 is 12.1 Å². The van der Waals surface area contributed by atoms with Crippen molar-refractivity contribution in [1.29, 1.82) is 10.5 Å². The maximum absolute atomic E-state index is 10.6. The average Bonchev–Trinajstić information content (AvgIpc) is 3.51. The third-order valence-corrected chi connectivity index (χ3v) is 4.65. The van der Waals surface area contributed by atoms with E-state index in [-0.39, 0.29) is 19.1 Å². The Hall–Kier alpha value is -4.91. The fourth-order valence-corrected chi connectivity index (χ4v) is 3.16. The number of aromatic nitrogens is 5. The highest BCUT2D eigenvalue weighted by Crippen LogP contribution is 2.32. The van der Waals surface area contributed by atoms with Gasteiger partial charge in [0.1, 0.15) is 23.8 Å². The lowest BCUT2D eigenvalue weighted by molar-refractivity contribution is -0.192. The van der Waals surface area contributed by atoms with E-state index in [4.69, 9.17) is 19.9 Å². The van der Waals surface area contributed by atoms with Crippen LogP contribution >= 0.6 is 0 Å². The highest BCUT2D eigenvalue weighted by atomic mass is 19.4. The van der Waals surface area contributed by atoms with Crippen molar-refractivity contribution in [3.05, 3.63) is 60.8 Å². The third kappa shape index (κ3) is 5.91. The van der Waals surface area contributed by atoms with Gasteiger partial charge in [-0.2, -0.15) is 28.8 Å². The van der Waals surface area contributed by atoms with Gasteiger partial charge >= 0.3 is 12.1 Å². The van der Waals surface area contributed by atoms with E-state index in [1.54, 1.807) is 16.9 Å². The first kappa shape index (κ1) is 24.7. The molecule has 0 amide bonds. The van der Waals surface area contributed by atoms with Crippen LogP contribution in [0.1, 0.15) is 18.0 Å². The Morgan fingerprint density at radius 2 is 1.94 bits per heavy atom. The maximum Gasteiger partial charge on any atom is 0.490 e. The van der Waals surface area contributed by atoms with Gasteiger partial charge in [0.25, 0.3) is 0 Å². The minimum Gasteiger partial charge on any atom is -0.478 e. The topological polar surface area (TPSA) is 154 Å². The van der Waals surface area contributed by atoms with Gasteiger partial charge in [0.05, 0.1) is 30.4 Å². The molecule has 4 rings (SSSR count). The lowest BCUT2D eigenvalue weighted by atomic mass is 10.0. The smallest absolute Gasteiger partial charge is 0.478 e. The Kier molecular flexibility index (Phi) is 7.63. The van der Waals surface area contributed by atoms with Gasteiger partial charge in [0.2, 0.25) is 0 Å². The van der Waals surface area contributed by atoms with Crippen LogP contribution in [-0.4, -0.2) is 48.6 Å². The van der Waals surface area contributed by atoms with Gasteiger partial charge in [0.15, 0.2) is 6.61 Å². The summed E-state index contributed by atoms with van der Waals surface area (Å²) >= 11 is 0. The van der Waals surface area contributed by atoms with Crippen LogP contribution in [-0.2, 0) is 4.79 Å². The number of aliphatic carboxylic acids is 1. The molecule has 0 radical (unpaired) electrons. The lowest BCUT2D eigenvalue weighted by Crippen LogP contribution is -2.21. The number of aromatic amines is 1. The number of halogens is 3. The number of carbonyl (C=O) groups is 1. The Morgan fingerprint density at radius 1 is 1.20 bits per heavy atom. The standard InChI is InChI=1S/C20H15N7O.C2HF3O2/c21-7-5-17(15-3-1-2-4-18(15)28-10-8-22)27-12-14(11-26-27)19-16-6-9-23-20(16)25-13-24-19;3-2(4,5)1(6)7/h1-4,6,9,11-13,17H,5,10H2,(H,23,24,25);(H,6,7). The highest BCUT2D eigenvalue weighted by Gasteiger charge is 2.38. The summed E-state index contributed by atoms with van der Waals surface area (Å²) in [5.74, 6) is -2.19. The summed E-state index contributed by atoms with van der Waals surface area (Å²) in [5.41, 5.74) is 3.14. The minimum atomic E-state index is -5.08. The Balaban J connectivity index is 0.000000429. The minimum absolute atomic E-state index is 0.0624. The number of rotatable bonds is 6. The molecule has 0 saturated heterocycles. The summed E-state index contributed by atoms with van der Waals surface area (Å²) in [6.45, 7) is -0.0624. The summed E-state index contributed by atoms with van der Waals surface area (Å²) in [5, 5.41) is 30.7. The number of fused-ring (bicyclic) bond motifs is 1. The number of hydrogen-bond acceptors (Lipinski definition) is 7. The molecule has 0 aliphatic rings. The van der Waals surface area contributed by atoms with Crippen molar-refractivity contribution in [2.75, 3.05) is 6.61 Å². The van der Waals surface area contributed by atoms with Crippen LogP contribution in [0.5, 0.6) is 5.75 Å². The molecule has 1 aromatic carbocycles. The molecular weight excluding hydrogens is 467 g/mol. The van der Waals surface area contributed by atoms with Crippen LogP contribution in [0.15, 0.2) is 55.2 Å². The summed E-state index contributed by atoms with van der Waals surface area (Å²) in [6.07, 6.45) is 2.02. The molecule has 10 nitrogen and oxygen atoms in total. The fourth-order valence-electron chi connectivity index (χ4n) is 3.16. The first-order chi connectivity index (χ1) is 16.8. The van der Waals surface area contributed by atoms with E-state index in [1.165, 1.54) is 6.33 Å². The molecular formula is C22H16F3N7O3. The van der Waals surface area contributed by atoms with Crippen molar-refractivity contribution in [2.45, 2.75) is 18.6 Å². The summed E-state index contributed by atoms with van der Waals surface area (Å²) in [4.78, 5) is 20.6. The first-order valence-electron chi connectivity index (χ1n) is 9.84. The molecule has 0 bridgehead atoms. The Morgan fingerprint density at radius 3 is 2.63 bits per heavy atom. The van der Waals surface area contributed by atoms with Gasteiger partial charge in [-0.05, 0) is 12.1 Å². The lowest BCUT2D eigenvalue weighted by Gasteiger charge is -2.18. The summed E-state index contributed by atoms with van der Waals surface area (Å²) < 4.78 is 39.0. The second-order valence-electron chi connectivity index (χ2n) is 6.84. The predicted molar refractivity (Wildman–Crippen MR) is 115 cm³/mol. The number of nitrogens with zero attached hydrogens (tertiary/aromatic N) is 6. The van der Waals surface area contributed by atoms with Crippen LogP contribution in [0.25, 0.3) is 22.3 Å². The quantitative estimate of drug-likeness (QED) is 0.419. The molecule has 0 saturated carbocycles. The molecule has 178 valence electrons. The predicted octanol–water partition coefficient (Wildman–Crippen LogP) is 3.86. The first-order valence-corrected chi connectivity index (χ1v) is 9.84. The molecule has 0 aliphatic heterocycles. The zero-order valence-corrected chi connectivity index (χ0v) is 17.8. The molecule has 13 heteroatoms. The average molecular weight is 483 g/mol. The van der Waals surface area contributed by atoms with E-state index in [1.807, 2.05) is 42.7 Å². The van der Waals surface area contributed by atoms with Crippen molar-refractivity contribution < 1.29 is 27.8 Å². The van der Waals surface area contributed by atoms with E-state index >= 15 is 0 Å². The summed E-state index contributed by atoms with van der Waals surface area (Å²) in [6, 6.07) is 13.1. The van der Waals surface area contributed by atoms with Gasteiger partial charge in [-0.25, -0.2) is 14.8 Å². The number of H-pyrrole nitrogens is 1. The number of ether oxygens (including phenoxy) is 1. The molecule has 0 fully saturated rings. The van der Waals surface area contributed by atoms with Crippen LogP contribution in [0.4, 0.5) is 13.2 Å². The van der Waals surface area contributed by atoms with Crippen LogP contribution in [0.2, 0.25) is 0 Å². The number of carboxylic acids is 1. The van der Waals surface area contributed by atoms with E-state index in [0.29, 0.717) is 5.75 Å². The number of para-hydroxylation sites is 1.